The van der Waals surface area contributed by atoms with E-state index in [0.717, 1.165) is 22.4 Å². The summed E-state index contributed by atoms with van der Waals surface area (Å²) < 4.78 is 2.11. The van der Waals surface area contributed by atoms with Gasteiger partial charge < -0.3 is 14.9 Å². The van der Waals surface area contributed by atoms with Gasteiger partial charge in [0.05, 0.1) is 17.1 Å². The number of aromatic nitrogens is 3. The van der Waals surface area contributed by atoms with Crippen LogP contribution in [-0.2, 0) is 11.3 Å². The topological polar surface area (TPSA) is 62.7 Å². The Bertz CT molecular complexity index is 997. The normalized spacial score (nSPS) is 12.5. The highest BCUT2D eigenvalue weighted by atomic mass is 16.1. The predicted molar refractivity (Wildman–Crippen MR) is 99.2 cm³/mol. The van der Waals surface area contributed by atoms with Crippen molar-refractivity contribution in [3.05, 3.63) is 66.6 Å². The number of amides is 1. The fraction of sp³-hybridized carbons (Fsp3) is 0.200. The first-order valence-corrected chi connectivity index (χ1v) is 8.48. The third-order valence-corrected chi connectivity index (χ3v) is 4.46. The minimum Gasteiger partial charge on any atom is -0.347 e. The minimum atomic E-state index is -0.152. The number of rotatable bonds is 5. The molecule has 0 aliphatic rings. The van der Waals surface area contributed by atoms with Crippen LogP contribution >= 0.6 is 0 Å². The molecule has 2 N–H and O–H groups in total. The standard InChI is InChI=1S/C20H20N4O/c1-14(20-22-16-7-3-4-8-17(16)23-20)21-19(25)11-13-24-12-10-15-6-2-5-9-18(15)24/h2-10,12,14H,11,13H2,1H3,(H,21,25)(H,22,23). The van der Waals surface area contributed by atoms with Gasteiger partial charge in [-0.3, -0.25) is 4.79 Å². The summed E-state index contributed by atoms with van der Waals surface area (Å²) in [7, 11) is 0. The number of imidazole rings is 1. The Morgan fingerprint density at radius 2 is 1.96 bits per heavy atom. The third kappa shape index (κ3) is 3.13. The first kappa shape index (κ1) is 15.4. The number of carbonyl (C=O) groups excluding carboxylic acids is 1. The Morgan fingerprint density at radius 3 is 2.84 bits per heavy atom. The van der Waals surface area contributed by atoms with Crippen molar-refractivity contribution in [3.63, 3.8) is 0 Å². The van der Waals surface area contributed by atoms with Crippen LogP contribution < -0.4 is 5.32 Å². The zero-order chi connectivity index (χ0) is 17.2. The van der Waals surface area contributed by atoms with Crippen LogP contribution in [0.15, 0.2) is 60.8 Å². The smallest absolute Gasteiger partial charge is 0.222 e. The monoisotopic (exact) mass is 332 g/mol. The lowest BCUT2D eigenvalue weighted by Crippen LogP contribution is -2.28. The summed E-state index contributed by atoms with van der Waals surface area (Å²) in [5.74, 6) is 0.798. The number of benzene rings is 2. The quantitative estimate of drug-likeness (QED) is 0.584. The largest absolute Gasteiger partial charge is 0.347 e. The number of carbonyl (C=O) groups is 1. The number of hydrogen-bond donors (Lipinski definition) is 2. The maximum absolute atomic E-state index is 12.3. The lowest BCUT2D eigenvalue weighted by molar-refractivity contribution is -0.122. The lowest BCUT2D eigenvalue weighted by atomic mass is 10.2. The lowest BCUT2D eigenvalue weighted by Gasteiger charge is -2.12. The molecule has 0 spiro atoms. The van der Waals surface area contributed by atoms with Gasteiger partial charge in [0.1, 0.15) is 5.82 Å². The van der Waals surface area contributed by atoms with E-state index in [1.165, 1.54) is 5.39 Å². The average molecular weight is 332 g/mol. The van der Waals surface area contributed by atoms with Gasteiger partial charge in [-0.1, -0.05) is 30.3 Å². The Labute approximate surface area is 145 Å². The summed E-state index contributed by atoms with van der Waals surface area (Å²) in [4.78, 5) is 20.1. The zero-order valence-corrected chi connectivity index (χ0v) is 14.1. The number of H-pyrrole nitrogens is 1. The number of aryl methyl sites for hydroxylation is 1. The van der Waals surface area contributed by atoms with Gasteiger partial charge in [0, 0.05) is 24.7 Å². The van der Waals surface area contributed by atoms with E-state index in [1.54, 1.807) is 0 Å². The molecule has 126 valence electrons. The molecule has 2 aromatic carbocycles. The molecule has 5 nitrogen and oxygen atoms in total. The van der Waals surface area contributed by atoms with Crippen molar-refractivity contribution in [2.45, 2.75) is 25.9 Å². The van der Waals surface area contributed by atoms with Gasteiger partial charge in [0.2, 0.25) is 5.91 Å². The van der Waals surface area contributed by atoms with Crippen LogP contribution in [0, 0.1) is 0 Å². The van der Waals surface area contributed by atoms with Gasteiger partial charge in [-0.15, -0.1) is 0 Å². The third-order valence-electron chi connectivity index (χ3n) is 4.46. The number of nitrogens with one attached hydrogen (secondary N) is 2. The van der Waals surface area contributed by atoms with Crippen molar-refractivity contribution in [2.24, 2.45) is 0 Å². The highest BCUT2D eigenvalue weighted by Gasteiger charge is 2.13. The average Bonchev–Trinajstić information content (AvgIpc) is 3.24. The highest BCUT2D eigenvalue weighted by Crippen LogP contribution is 2.17. The van der Waals surface area contributed by atoms with Crippen molar-refractivity contribution < 1.29 is 4.79 Å². The van der Waals surface area contributed by atoms with Crippen molar-refractivity contribution in [1.82, 2.24) is 19.9 Å². The summed E-state index contributed by atoms with van der Waals surface area (Å²) in [6.07, 6.45) is 2.46. The molecule has 25 heavy (non-hydrogen) atoms. The summed E-state index contributed by atoms with van der Waals surface area (Å²) in [5.41, 5.74) is 3.05. The van der Waals surface area contributed by atoms with E-state index in [1.807, 2.05) is 49.5 Å². The van der Waals surface area contributed by atoms with Crippen molar-refractivity contribution >= 4 is 27.8 Å². The molecular weight excluding hydrogens is 312 g/mol. The Balaban J connectivity index is 1.39. The van der Waals surface area contributed by atoms with Gasteiger partial charge in [-0.25, -0.2) is 4.98 Å². The maximum Gasteiger partial charge on any atom is 0.222 e. The van der Waals surface area contributed by atoms with Gasteiger partial charge in [-0.05, 0) is 36.6 Å². The molecule has 2 aromatic heterocycles. The molecule has 0 fully saturated rings. The second-order valence-electron chi connectivity index (χ2n) is 6.25. The highest BCUT2D eigenvalue weighted by molar-refractivity contribution is 5.81. The van der Waals surface area contributed by atoms with Crippen LogP contribution in [-0.4, -0.2) is 20.4 Å². The number of aromatic amines is 1. The second kappa shape index (κ2) is 6.43. The summed E-state index contributed by atoms with van der Waals surface area (Å²) in [6, 6.07) is 18.0. The van der Waals surface area contributed by atoms with E-state index in [9.17, 15) is 4.79 Å². The molecule has 4 rings (SSSR count). The van der Waals surface area contributed by atoms with Crippen molar-refractivity contribution in [1.29, 1.82) is 0 Å². The molecule has 4 aromatic rings. The van der Waals surface area contributed by atoms with Crippen LogP contribution in [0.5, 0.6) is 0 Å². The number of nitrogens with zero attached hydrogens (tertiary/aromatic N) is 2. The van der Waals surface area contributed by atoms with Crippen LogP contribution in [0.2, 0.25) is 0 Å². The first-order valence-electron chi connectivity index (χ1n) is 8.48. The molecule has 0 aliphatic carbocycles. The molecule has 2 heterocycles. The molecule has 1 amide bonds. The van der Waals surface area contributed by atoms with E-state index in [-0.39, 0.29) is 11.9 Å². The van der Waals surface area contributed by atoms with Gasteiger partial charge in [0.15, 0.2) is 0 Å². The van der Waals surface area contributed by atoms with Crippen LogP contribution in [0.4, 0.5) is 0 Å². The zero-order valence-electron chi connectivity index (χ0n) is 14.1. The summed E-state index contributed by atoms with van der Waals surface area (Å²) in [6.45, 7) is 2.60. The molecule has 0 aliphatic heterocycles. The van der Waals surface area contributed by atoms with E-state index in [0.29, 0.717) is 13.0 Å². The molecule has 0 radical (unpaired) electrons. The van der Waals surface area contributed by atoms with Crippen LogP contribution in [0.1, 0.15) is 25.2 Å². The minimum absolute atomic E-state index is 0.0192. The van der Waals surface area contributed by atoms with Gasteiger partial charge in [-0.2, -0.15) is 0 Å². The summed E-state index contributed by atoms with van der Waals surface area (Å²) >= 11 is 0. The SMILES string of the molecule is CC(NC(=O)CCn1ccc2ccccc21)c1nc2ccccc2[nH]1. The Hall–Kier alpha value is -3.08. The molecule has 0 saturated heterocycles. The second-order valence-corrected chi connectivity index (χ2v) is 6.25. The van der Waals surface area contributed by atoms with Crippen molar-refractivity contribution in [3.8, 4) is 0 Å². The Kier molecular flexibility index (Phi) is 3.98. The van der Waals surface area contributed by atoms with Gasteiger partial charge in [0.25, 0.3) is 0 Å². The van der Waals surface area contributed by atoms with E-state index >= 15 is 0 Å². The van der Waals surface area contributed by atoms with Crippen LogP contribution in [0.25, 0.3) is 21.9 Å². The molecule has 0 saturated carbocycles. The maximum atomic E-state index is 12.3. The van der Waals surface area contributed by atoms with E-state index < -0.39 is 0 Å². The molecule has 1 atom stereocenters. The summed E-state index contributed by atoms with van der Waals surface area (Å²) in [5, 5.41) is 4.21. The molecular formula is C20H20N4O. The molecule has 5 heteroatoms. The fourth-order valence-electron chi connectivity index (χ4n) is 3.12. The van der Waals surface area contributed by atoms with E-state index in [4.69, 9.17) is 0 Å². The number of fused-ring (bicyclic) bond motifs is 2. The Morgan fingerprint density at radius 1 is 1.16 bits per heavy atom. The fourth-order valence-corrected chi connectivity index (χ4v) is 3.12. The van der Waals surface area contributed by atoms with Crippen molar-refractivity contribution in [2.75, 3.05) is 0 Å². The molecule has 0 bridgehead atoms. The first-order chi connectivity index (χ1) is 12.2. The molecule has 1 unspecified atom stereocenters. The van der Waals surface area contributed by atoms with E-state index in [2.05, 4.69) is 38.1 Å². The van der Waals surface area contributed by atoms with Gasteiger partial charge >= 0.3 is 0 Å². The number of para-hydroxylation sites is 3. The number of hydrogen-bond acceptors (Lipinski definition) is 2. The predicted octanol–water partition coefficient (Wildman–Crippen LogP) is 3.79. The van der Waals surface area contributed by atoms with Crippen LogP contribution in [0.3, 0.4) is 0 Å².